The summed E-state index contributed by atoms with van der Waals surface area (Å²) < 4.78 is 2.81. The summed E-state index contributed by atoms with van der Waals surface area (Å²) in [5, 5.41) is 8.30. The van der Waals surface area contributed by atoms with E-state index in [9.17, 15) is 4.79 Å². The average Bonchev–Trinajstić information content (AvgIpc) is 3.06. The van der Waals surface area contributed by atoms with Crippen molar-refractivity contribution in [3.63, 3.8) is 0 Å². The molecule has 0 saturated heterocycles. The number of halogens is 1. The van der Waals surface area contributed by atoms with Crippen LogP contribution in [0.2, 0.25) is 0 Å². The summed E-state index contributed by atoms with van der Waals surface area (Å²) in [7, 11) is 0. The van der Waals surface area contributed by atoms with E-state index >= 15 is 0 Å². The molecule has 0 spiro atoms. The minimum Gasteiger partial charge on any atom is -0.325 e. The number of aromatic nitrogens is 4. The van der Waals surface area contributed by atoms with Gasteiger partial charge in [-0.05, 0) is 37.1 Å². The quantitative estimate of drug-likeness (QED) is 0.749. The molecule has 24 heavy (non-hydrogen) atoms. The Morgan fingerprint density at radius 1 is 1.33 bits per heavy atom. The van der Waals surface area contributed by atoms with Gasteiger partial charge < -0.3 is 5.32 Å². The second-order valence-corrected chi connectivity index (χ2v) is 6.86. The van der Waals surface area contributed by atoms with Gasteiger partial charge in [0, 0.05) is 22.9 Å². The number of amides is 1. The Bertz CT molecular complexity index is 965. The molecule has 0 aliphatic carbocycles. The van der Waals surface area contributed by atoms with Crippen molar-refractivity contribution >= 4 is 38.6 Å². The van der Waals surface area contributed by atoms with E-state index in [0.29, 0.717) is 17.2 Å². The van der Waals surface area contributed by atoms with E-state index < -0.39 is 5.92 Å². The zero-order valence-corrected chi connectivity index (χ0v) is 15.0. The Kier molecular flexibility index (Phi) is 3.60. The minimum atomic E-state index is -0.444. The van der Waals surface area contributed by atoms with Gasteiger partial charge >= 0.3 is 0 Å². The average molecular weight is 386 g/mol. The molecule has 1 aliphatic rings. The molecule has 0 fully saturated rings. The van der Waals surface area contributed by atoms with E-state index in [2.05, 4.69) is 43.2 Å². The van der Waals surface area contributed by atoms with Crippen LogP contribution < -0.4 is 5.32 Å². The number of rotatable bonds is 3. The van der Waals surface area contributed by atoms with Gasteiger partial charge in [0.1, 0.15) is 11.7 Å². The number of anilines is 1. The van der Waals surface area contributed by atoms with Crippen LogP contribution in [-0.4, -0.2) is 25.7 Å². The lowest BCUT2D eigenvalue weighted by molar-refractivity contribution is -0.116. The van der Waals surface area contributed by atoms with Gasteiger partial charge in [-0.1, -0.05) is 22.9 Å². The Hall–Kier alpha value is -2.28. The molecule has 1 atom stereocenters. The van der Waals surface area contributed by atoms with Crippen molar-refractivity contribution in [2.24, 2.45) is 0 Å². The van der Waals surface area contributed by atoms with Crippen LogP contribution in [0.5, 0.6) is 0 Å². The van der Waals surface area contributed by atoms with E-state index in [1.807, 2.05) is 36.0 Å². The maximum absolute atomic E-state index is 12.6. The first-order valence-electron chi connectivity index (χ1n) is 7.89. The molecule has 1 aromatic carbocycles. The highest BCUT2D eigenvalue weighted by molar-refractivity contribution is 9.10. The molecule has 6 nitrogen and oxygen atoms in total. The largest absolute Gasteiger partial charge is 0.325 e. The van der Waals surface area contributed by atoms with Gasteiger partial charge in [-0.15, -0.1) is 0 Å². The van der Waals surface area contributed by atoms with E-state index in [1.54, 1.807) is 0 Å². The first-order valence-corrected chi connectivity index (χ1v) is 8.68. The number of carbonyl (C=O) groups excluding carboxylic acids is 1. The fourth-order valence-corrected chi connectivity index (χ4v) is 3.53. The van der Waals surface area contributed by atoms with Gasteiger partial charge in [0.15, 0.2) is 5.65 Å². The highest BCUT2D eigenvalue weighted by Gasteiger charge is 2.35. The van der Waals surface area contributed by atoms with Crippen molar-refractivity contribution in [3.8, 4) is 0 Å². The van der Waals surface area contributed by atoms with Crippen molar-refractivity contribution in [1.29, 1.82) is 0 Å². The molecule has 3 heterocycles. The standard InChI is InChI=1S/C17H16BrN5O/c1-3-6-23-8-12-15(19-9(2)20-16(12)22-23)14-11-7-10(18)4-5-13(11)21-17(14)24/h4-5,7-8,14H,3,6H2,1-2H3,(H,21,24). The predicted octanol–water partition coefficient (Wildman–Crippen LogP) is 3.39. The minimum absolute atomic E-state index is 0.0641. The summed E-state index contributed by atoms with van der Waals surface area (Å²) >= 11 is 3.49. The van der Waals surface area contributed by atoms with Crippen LogP contribution in [0.1, 0.15) is 36.3 Å². The number of fused-ring (bicyclic) bond motifs is 2. The molecule has 1 N–H and O–H groups in total. The van der Waals surface area contributed by atoms with Crippen molar-refractivity contribution in [1.82, 2.24) is 19.7 Å². The third kappa shape index (κ3) is 2.39. The second-order valence-electron chi connectivity index (χ2n) is 5.94. The van der Waals surface area contributed by atoms with Gasteiger partial charge in [0.05, 0.1) is 11.1 Å². The smallest absolute Gasteiger partial charge is 0.238 e. The van der Waals surface area contributed by atoms with Gasteiger partial charge in [0.25, 0.3) is 0 Å². The summed E-state index contributed by atoms with van der Waals surface area (Å²) in [5.74, 6) is 0.113. The van der Waals surface area contributed by atoms with Gasteiger partial charge in [0.2, 0.25) is 5.91 Å². The molecular weight excluding hydrogens is 370 g/mol. The third-order valence-corrected chi connectivity index (χ3v) is 4.63. The lowest BCUT2D eigenvalue weighted by Crippen LogP contribution is -2.15. The molecule has 7 heteroatoms. The molecular formula is C17H16BrN5O. The van der Waals surface area contributed by atoms with E-state index in [-0.39, 0.29) is 5.91 Å². The SMILES string of the molecule is CCCn1cc2c(C3C(=O)Nc4ccc(Br)cc43)nc(C)nc2n1. The first-order chi connectivity index (χ1) is 11.6. The highest BCUT2D eigenvalue weighted by atomic mass is 79.9. The number of hydrogen-bond acceptors (Lipinski definition) is 4. The zero-order valence-electron chi connectivity index (χ0n) is 13.4. The molecule has 2 aromatic heterocycles. The van der Waals surface area contributed by atoms with E-state index in [1.165, 1.54) is 0 Å². The molecule has 0 radical (unpaired) electrons. The molecule has 1 amide bonds. The van der Waals surface area contributed by atoms with Crippen molar-refractivity contribution in [3.05, 3.63) is 46.0 Å². The summed E-state index contributed by atoms with van der Waals surface area (Å²) in [6, 6.07) is 5.79. The monoisotopic (exact) mass is 385 g/mol. The van der Waals surface area contributed by atoms with Crippen LogP contribution in [0.25, 0.3) is 11.0 Å². The van der Waals surface area contributed by atoms with E-state index in [4.69, 9.17) is 0 Å². The first kappa shape index (κ1) is 15.3. The predicted molar refractivity (Wildman–Crippen MR) is 95.0 cm³/mol. The Labute approximate surface area is 147 Å². The Balaban J connectivity index is 1.93. The van der Waals surface area contributed by atoms with Crippen LogP contribution in [0, 0.1) is 6.92 Å². The van der Waals surface area contributed by atoms with Crippen LogP contribution in [0.3, 0.4) is 0 Å². The number of aryl methyl sites for hydroxylation is 2. The Morgan fingerprint density at radius 3 is 2.96 bits per heavy atom. The maximum atomic E-state index is 12.6. The van der Waals surface area contributed by atoms with Crippen LogP contribution in [0.4, 0.5) is 5.69 Å². The van der Waals surface area contributed by atoms with Crippen molar-refractivity contribution < 1.29 is 4.79 Å². The molecule has 3 aromatic rings. The summed E-state index contributed by atoms with van der Waals surface area (Å²) in [5.41, 5.74) is 3.12. The van der Waals surface area contributed by atoms with Gasteiger partial charge in [-0.25, -0.2) is 9.97 Å². The molecule has 1 aliphatic heterocycles. The summed E-state index contributed by atoms with van der Waals surface area (Å²) in [6.45, 7) is 4.74. The molecule has 4 rings (SSSR count). The molecule has 0 bridgehead atoms. The molecule has 1 unspecified atom stereocenters. The van der Waals surface area contributed by atoms with Crippen LogP contribution in [-0.2, 0) is 11.3 Å². The molecule has 122 valence electrons. The highest BCUT2D eigenvalue weighted by Crippen LogP contribution is 2.39. The van der Waals surface area contributed by atoms with E-state index in [0.717, 1.165) is 34.1 Å². The van der Waals surface area contributed by atoms with Gasteiger partial charge in [-0.3, -0.25) is 9.48 Å². The lowest BCUT2D eigenvalue weighted by Gasteiger charge is -2.10. The topological polar surface area (TPSA) is 72.7 Å². The number of carbonyl (C=O) groups is 1. The third-order valence-electron chi connectivity index (χ3n) is 4.14. The molecule has 0 saturated carbocycles. The number of nitrogens with zero attached hydrogens (tertiary/aromatic N) is 4. The normalized spacial score (nSPS) is 16.5. The lowest BCUT2D eigenvalue weighted by atomic mass is 9.95. The van der Waals surface area contributed by atoms with Crippen molar-refractivity contribution in [2.45, 2.75) is 32.7 Å². The number of benzene rings is 1. The zero-order chi connectivity index (χ0) is 16.8. The fraction of sp³-hybridized carbons (Fsp3) is 0.294. The second kappa shape index (κ2) is 5.66. The maximum Gasteiger partial charge on any atom is 0.238 e. The number of hydrogen-bond donors (Lipinski definition) is 1. The fourth-order valence-electron chi connectivity index (χ4n) is 3.15. The van der Waals surface area contributed by atoms with Gasteiger partial charge in [-0.2, -0.15) is 5.10 Å². The summed E-state index contributed by atoms with van der Waals surface area (Å²) in [4.78, 5) is 21.6. The van der Waals surface area contributed by atoms with Crippen LogP contribution in [0.15, 0.2) is 28.9 Å². The summed E-state index contributed by atoms with van der Waals surface area (Å²) in [6.07, 6.45) is 2.92. The number of nitrogens with one attached hydrogen (secondary N) is 1. The van der Waals surface area contributed by atoms with Crippen LogP contribution >= 0.6 is 15.9 Å². The van der Waals surface area contributed by atoms with Crippen molar-refractivity contribution in [2.75, 3.05) is 5.32 Å². The Morgan fingerprint density at radius 2 is 2.17 bits per heavy atom.